The molecule has 2 heterocycles. The number of H-pyrrole nitrogens is 1. The molecule has 9 heteroatoms. The average molecular weight is 276 g/mol. The number of carbonyl (C=O) groups excluding carboxylic acids is 1. The van der Waals surface area contributed by atoms with Crippen molar-refractivity contribution in [1.82, 2.24) is 25.6 Å². The van der Waals surface area contributed by atoms with Crippen LogP contribution in [0.4, 0.5) is 5.13 Å². The number of aromatic amines is 1. The molecule has 0 saturated heterocycles. The lowest BCUT2D eigenvalue weighted by molar-refractivity contribution is 0.101. The number of anilines is 1. The number of benzene rings is 1. The van der Waals surface area contributed by atoms with Crippen LogP contribution >= 0.6 is 11.3 Å². The Hall–Kier alpha value is -2.55. The smallest absolute Gasteiger partial charge is 0.299 e. The quantitative estimate of drug-likeness (QED) is 0.741. The van der Waals surface area contributed by atoms with E-state index in [0.29, 0.717) is 5.13 Å². The fraction of sp³-hybridized carbons (Fsp3) is 0.100. The highest BCUT2D eigenvalue weighted by molar-refractivity contribution is 7.22. The molecule has 1 amide bonds. The van der Waals surface area contributed by atoms with Crippen molar-refractivity contribution in [1.29, 1.82) is 0 Å². The van der Waals surface area contributed by atoms with Crippen molar-refractivity contribution in [3.63, 3.8) is 0 Å². The van der Waals surface area contributed by atoms with E-state index in [-0.39, 0.29) is 5.82 Å². The molecule has 0 aliphatic heterocycles. The van der Waals surface area contributed by atoms with Gasteiger partial charge >= 0.3 is 0 Å². The third kappa shape index (κ3) is 2.22. The van der Waals surface area contributed by atoms with Crippen LogP contribution in [0.1, 0.15) is 10.6 Å². The minimum absolute atomic E-state index is 0.0307. The number of hydrogen-bond acceptors (Lipinski definition) is 7. The van der Waals surface area contributed by atoms with Gasteiger partial charge in [0.2, 0.25) is 0 Å². The lowest BCUT2D eigenvalue weighted by atomic mass is 10.3. The number of ether oxygens (including phenoxy) is 1. The van der Waals surface area contributed by atoms with Crippen LogP contribution in [-0.4, -0.2) is 38.6 Å². The molecule has 0 fully saturated rings. The molecule has 0 aliphatic carbocycles. The van der Waals surface area contributed by atoms with Crippen LogP contribution in [0, 0.1) is 0 Å². The Morgan fingerprint density at radius 3 is 3.11 bits per heavy atom. The molecule has 19 heavy (non-hydrogen) atoms. The van der Waals surface area contributed by atoms with E-state index in [9.17, 15) is 4.79 Å². The Kier molecular flexibility index (Phi) is 2.80. The number of fused-ring (bicyclic) bond motifs is 1. The third-order valence-electron chi connectivity index (χ3n) is 2.36. The molecular formula is C10H8N6O2S. The first kappa shape index (κ1) is 11.5. The summed E-state index contributed by atoms with van der Waals surface area (Å²) in [4.78, 5) is 16.0. The molecule has 3 rings (SSSR count). The lowest BCUT2D eigenvalue weighted by Crippen LogP contribution is -2.13. The van der Waals surface area contributed by atoms with Crippen LogP contribution in [0.15, 0.2) is 18.2 Å². The summed E-state index contributed by atoms with van der Waals surface area (Å²) in [5.74, 6) is 0.254. The van der Waals surface area contributed by atoms with E-state index in [1.165, 1.54) is 11.3 Å². The van der Waals surface area contributed by atoms with E-state index in [1.807, 2.05) is 18.2 Å². The van der Waals surface area contributed by atoms with Gasteiger partial charge in [-0.2, -0.15) is 5.21 Å². The summed E-state index contributed by atoms with van der Waals surface area (Å²) in [6.07, 6.45) is 0. The Balaban J connectivity index is 1.87. The molecule has 2 N–H and O–H groups in total. The third-order valence-corrected chi connectivity index (χ3v) is 3.30. The maximum absolute atomic E-state index is 11.7. The molecule has 1 aromatic carbocycles. The Labute approximate surface area is 110 Å². The van der Waals surface area contributed by atoms with Gasteiger partial charge in [-0.3, -0.25) is 10.1 Å². The van der Waals surface area contributed by atoms with Gasteiger partial charge in [0.15, 0.2) is 5.13 Å². The van der Waals surface area contributed by atoms with Crippen LogP contribution in [0.25, 0.3) is 10.2 Å². The van der Waals surface area contributed by atoms with E-state index in [0.717, 1.165) is 16.0 Å². The number of amides is 1. The number of nitrogens with one attached hydrogen (secondary N) is 2. The van der Waals surface area contributed by atoms with Gasteiger partial charge in [-0.15, -0.1) is 10.2 Å². The Morgan fingerprint density at radius 1 is 1.47 bits per heavy atom. The number of tetrazole rings is 1. The van der Waals surface area contributed by atoms with Gasteiger partial charge < -0.3 is 4.74 Å². The molecule has 0 atom stereocenters. The number of thiazole rings is 1. The predicted molar refractivity (Wildman–Crippen MR) is 68.3 cm³/mol. The first-order chi connectivity index (χ1) is 9.26. The molecule has 96 valence electrons. The standard InChI is InChI=1S/C10H8N6O2S/c1-18-5-2-3-6-7(4-5)19-10(11-6)12-9(17)8-13-15-16-14-8/h2-4H,1H3,(H,11,12,17)(H,13,14,15,16). The second-order valence-corrected chi connectivity index (χ2v) is 4.57. The molecule has 0 aliphatic rings. The highest BCUT2D eigenvalue weighted by atomic mass is 32.1. The summed E-state index contributed by atoms with van der Waals surface area (Å²) in [5, 5.41) is 15.8. The van der Waals surface area contributed by atoms with Gasteiger partial charge in [0.05, 0.1) is 17.3 Å². The Bertz CT molecular complexity index is 723. The summed E-state index contributed by atoms with van der Waals surface area (Å²) in [7, 11) is 1.60. The fourth-order valence-electron chi connectivity index (χ4n) is 1.50. The SMILES string of the molecule is COc1ccc2nc(NC(=O)c3nn[nH]n3)sc2c1. The summed E-state index contributed by atoms with van der Waals surface area (Å²) in [6, 6.07) is 5.50. The number of rotatable bonds is 3. The summed E-state index contributed by atoms with van der Waals surface area (Å²) >= 11 is 1.34. The zero-order valence-corrected chi connectivity index (χ0v) is 10.6. The van der Waals surface area contributed by atoms with Crippen molar-refractivity contribution >= 4 is 32.6 Å². The van der Waals surface area contributed by atoms with E-state index in [1.54, 1.807) is 7.11 Å². The maximum atomic E-state index is 11.7. The van der Waals surface area contributed by atoms with Crippen LogP contribution in [-0.2, 0) is 0 Å². The fourth-order valence-corrected chi connectivity index (χ4v) is 2.39. The van der Waals surface area contributed by atoms with Crippen molar-refractivity contribution in [3.05, 3.63) is 24.0 Å². The molecule has 0 bridgehead atoms. The molecule has 2 aromatic heterocycles. The van der Waals surface area contributed by atoms with Crippen molar-refractivity contribution in [2.24, 2.45) is 0 Å². The molecule has 0 unspecified atom stereocenters. The van der Waals surface area contributed by atoms with E-state index in [2.05, 4.69) is 30.9 Å². The van der Waals surface area contributed by atoms with Crippen LogP contribution in [0.5, 0.6) is 5.75 Å². The topological polar surface area (TPSA) is 106 Å². The molecule has 8 nitrogen and oxygen atoms in total. The minimum atomic E-state index is -0.459. The number of nitrogens with zero attached hydrogens (tertiary/aromatic N) is 4. The number of hydrogen-bond donors (Lipinski definition) is 2. The number of aromatic nitrogens is 5. The van der Waals surface area contributed by atoms with Crippen LogP contribution < -0.4 is 10.1 Å². The number of carbonyl (C=O) groups is 1. The van der Waals surface area contributed by atoms with Gasteiger partial charge in [-0.05, 0) is 23.4 Å². The first-order valence-corrected chi connectivity index (χ1v) is 6.07. The highest BCUT2D eigenvalue weighted by Gasteiger charge is 2.13. The second kappa shape index (κ2) is 4.61. The molecule has 0 radical (unpaired) electrons. The molecule has 3 aromatic rings. The van der Waals surface area contributed by atoms with Gasteiger partial charge in [-0.1, -0.05) is 11.3 Å². The van der Waals surface area contributed by atoms with Crippen molar-refractivity contribution < 1.29 is 9.53 Å². The minimum Gasteiger partial charge on any atom is -0.497 e. The van der Waals surface area contributed by atoms with Gasteiger partial charge in [0.1, 0.15) is 5.75 Å². The van der Waals surface area contributed by atoms with Crippen LogP contribution in [0.2, 0.25) is 0 Å². The normalized spacial score (nSPS) is 10.6. The Morgan fingerprint density at radius 2 is 2.37 bits per heavy atom. The second-order valence-electron chi connectivity index (χ2n) is 3.54. The summed E-state index contributed by atoms with van der Waals surface area (Å²) < 4.78 is 6.05. The highest BCUT2D eigenvalue weighted by Crippen LogP contribution is 2.29. The van der Waals surface area contributed by atoms with E-state index in [4.69, 9.17) is 4.74 Å². The van der Waals surface area contributed by atoms with E-state index < -0.39 is 5.91 Å². The van der Waals surface area contributed by atoms with E-state index >= 15 is 0 Å². The van der Waals surface area contributed by atoms with Gasteiger partial charge in [0, 0.05) is 0 Å². The average Bonchev–Trinajstić information content (AvgIpc) is 3.06. The monoisotopic (exact) mass is 276 g/mol. The predicted octanol–water partition coefficient (Wildman–Crippen LogP) is 1.07. The van der Waals surface area contributed by atoms with Crippen molar-refractivity contribution in [3.8, 4) is 5.75 Å². The summed E-state index contributed by atoms with van der Waals surface area (Å²) in [6.45, 7) is 0. The van der Waals surface area contributed by atoms with Crippen molar-refractivity contribution in [2.45, 2.75) is 0 Å². The van der Waals surface area contributed by atoms with Gasteiger partial charge in [0.25, 0.3) is 11.7 Å². The van der Waals surface area contributed by atoms with Crippen LogP contribution in [0.3, 0.4) is 0 Å². The van der Waals surface area contributed by atoms with Crippen molar-refractivity contribution in [2.75, 3.05) is 12.4 Å². The lowest BCUT2D eigenvalue weighted by Gasteiger charge is -1.96. The first-order valence-electron chi connectivity index (χ1n) is 5.25. The zero-order valence-electron chi connectivity index (χ0n) is 9.75. The molecule has 0 spiro atoms. The zero-order chi connectivity index (χ0) is 13.2. The number of methoxy groups -OCH3 is 1. The largest absolute Gasteiger partial charge is 0.497 e. The molecule has 0 saturated carbocycles. The summed E-state index contributed by atoms with van der Waals surface area (Å²) in [5.41, 5.74) is 0.786. The molecular weight excluding hydrogens is 268 g/mol. The maximum Gasteiger partial charge on any atom is 0.299 e. The van der Waals surface area contributed by atoms with Gasteiger partial charge in [-0.25, -0.2) is 4.98 Å².